The Morgan fingerprint density at radius 1 is 1.29 bits per heavy atom. The molecule has 1 aromatic heterocycles. The monoisotopic (exact) mass is 251 g/mol. The van der Waals surface area contributed by atoms with Gasteiger partial charge in [-0.3, -0.25) is 4.90 Å². The number of fused-ring (bicyclic) bond motifs is 1. The average molecular weight is 252 g/mol. The van der Waals surface area contributed by atoms with Crippen LogP contribution in [0.25, 0.3) is 0 Å². The summed E-state index contributed by atoms with van der Waals surface area (Å²) in [5.74, 6) is 0. The second-order valence-corrected chi connectivity index (χ2v) is 5.34. The van der Waals surface area contributed by atoms with Crippen molar-refractivity contribution in [2.24, 2.45) is 0 Å². The van der Waals surface area contributed by atoms with Gasteiger partial charge in [-0.2, -0.15) is 0 Å². The van der Waals surface area contributed by atoms with Gasteiger partial charge in [0.2, 0.25) is 0 Å². The van der Waals surface area contributed by atoms with E-state index in [4.69, 9.17) is 11.6 Å². The van der Waals surface area contributed by atoms with Crippen LogP contribution >= 0.6 is 11.6 Å². The van der Waals surface area contributed by atoms with Gasteiger partial charge >= 0.3 is 0 Å². The fraction of sp³-hybridized carbons (Fsp3) is 0.615. The predicted octanol–water partition coefficient (Wildman–Crippen LogP) is 2.77. The van der Waals surface area contributed by atoms with Gasteiger partial charge in [0.1, 0.15) is 0 Å². The molecular weight excluding hydrogens is 234 g/mol. The van der Waals surface area contributed by atoms with Gasteiger partial charge in [0.25, 0.3) is 0 Å². The number of anilines is 1. The van der Waals surface area contributed by atoms with E-state index in [1.165, 1.54) is 38.8 Å². The minimum absolute atomic E-state index is 0.539. The largest absolute Gasteiger partial charge is 0.378 e. The maximum absolute atomic E-state index is 6.09. The lowest BCUT2D eigenvalue weighted by molar-refractivity contribution is 0.193. The smallest absolute Gasteiger partial charge is 0.152 e. The van der Waals surface area contributed by atoms with Crippen molar-refractivity contribution >= 4 is 17.3 Å². The highest BCUT2D eigenvalue weighted by Gasteiger charge is 2.35. The van der Waals surface area contributed by atoms with E-state index in [0.29, 0.717) is 17.2 Å². The highest BCUT2D eigenvalue weighted by molar-refractivity contribution is 6.31. The quantitative estimate of drug-likeness (QED) is 0.820. The number of hydrogen-bond donors (Lipinski definition) is 1. The Labute approximate surface area is 107 Å². The molecule has 4 heteroatoms. The summed E-state index contributed by atoms with van der Waals surface area (Å²) in [4.78, 5) is 6.73. The van der Waals surface area contributed by atoms with Crippen LogP contribution in [0.3, 0.4) is 0 Å². The molecule has 0 saturated carbocycles. The van der Waals surface area contributed by atoms with Crippen LogP contribution in [0.2, 0.25) is 5.15 Å². The lowest BCUT2D eigenvalue weighted by Crippen LogP contribution is -2.41. The van der Waals surface area contributed by atoms with Crippen LogP contribution in [-0.2, 0) is 0 Å². The van der Waals surface area contributed by atoms with Crippen LogP contribution in [0.15, 0.2) is 18.3 Å². The first-order valence-electron chi connectivity index (χ1n) is 6.46. The number of halogens is 1. The molecule has 0 amide bonds. The molecule has 3 heterocycles. The number of nitrogens with one attached hydrogen (secondary N) is 1. The Bertz CT molecular complexity index is 396. The van der Waals surface area contributed by atoms with Crippen molar-refractivity contribution in [2.75, 3.05) is 18.4 Å². The highest BCUT2D eigenvalue weighted by atomic mass is 35.5. The van der Waals surface area contributed by atoms with E-state index in [1.54, 1.807) is 6.20 Å². The minimum atomic E-state index is 0.539. The van der Waals surface area contributed by atoms with E-state index < -0.39 is 0 Å². The summed E-state index contributed by atoms with van der Waals surface area (Å²) in [6, 6.07) is 5.18. The Kier molecular flexibility index (Phi) is 3.21. The minimum Gasteiger partial charge on any atom is -0.378 e. The molecule has 0 aromatic carbocycles. The first kappa shape index (κ1) is 11.3. The van der Waals surface area contributed by atoms with Crippen molar-refractivity contribution in [3.05, 3.63) is 23.5 Å². The third kappa shape index (κ3) is 2.26. The third-order valence-electron chi connectivity index (χ3n) is 3.96. The normalized spacial score (nSPS) is 29.0. The van der Waals surface area contributed by atoms with Gasteiger partial charge in [0.15, 0.2) is 5.15 Å². The van der Waals surface area contributed by atoms with E-state index in [9.17, 15) is 0 Å². The standard InChI is InChI=1S/C13H18ClN3/c14-13-11(4-3-7-15-13)16-10-6-9-17-8-2-1-5-12(10)17/h3-4,7,10,12,16H,1-2,5-6,8-9H2. The molecule has 92 valence electrons. The van der Waals surface area contributed by atoms with Crippen molar-refractivity contribution in [3.8, 4) is 0 Å². The van der Waals surface area contributed by atoms with Gasteiger partial charge in [-0.25, -0.2) is 4.98 Å². The number of nitrogens with zero attached hydrogens (tertiary/aromatic N) is 2. The van der Waals surface area contributed by atoms with Crippen molar-refractivity contribution in [1.82, 2.24) is 9.88 Å². The Balaban J connectivity index is 1.71. The summed E-state index contributed by atoms with van der Waals surface area (Å²) in [7, 11) is 0. The number of hydrogen-bond acceptors (Lipinski definition) is 3. The molecule has 0 spiro atoms. The van der Waals surface area contributed by atoms with Gasteiger partial charge in [-0.15, -0.1) is 0 Å². The van der Waals surface area contributed by atoms with E-state index in [0.717, 1.165) is 5.69 Å². The Hall–Kier alpha value is -0.800. The van der Waals surface area contributed by atoms with Crippen molar-refractivity contribution in [3.63, 3.8) is 0 Å². The zero-order valence-electron chi connectivity index (χ0n) is 9.90. The topological polar surface area (TPSA) is 28.2 Å². The molecule has 2 aliphatic rings. The second-order valence-electron chi connectivity index (χ2n) is 4.98. The molecule has 0 radical (unpaired) electrons. The van der Waals surface area contributed by atoms with Gasteiger partial charge in [-0.1, -0.05) is 18.0 Å². The number of rotatable bonds is 2. The summed E-state index contributed by atoms with van der Waals surface area (Å²) in [5, 5.41) is 4.16. The molecule has 0 bridgehead atoms. The predicted molar refractivity (Wildman–Crippen MR) is 70.5 cm³/mol. The van der Waals surface area contributed by atoms with Gasteiger partial charge < -0.3 is 5.32 Å². The molecule has 1 N–H and O–H groups in total. The van der Waals surface area contributed by atoms with Crippen molar-refractivity contribution < 1.29 is 0 Å². The molecule has 2 unspecified atom stereocenters. The maximum Gasteiger partial charge on any atom is 0.152 e. The Morgan fingerprint density at radius 3 is 3.12 bits per heavy atom. The SMILES string of the molecule is Clc1ncccc1NC1CCN2CCCCC12. The molecule has 0 aliphatic carbocycles. The highest BCUT2D eigenvalue weighted by Crippen LogP contribution is 2.30. The van der Waals surface area contributed by atoms with Gasteiger partial charge in [-0.05, 0) is 37.9 Å². The molecule has 3 nitrogen and oxygen atoms in total. The van der Waals surface area contributed by atoms with E-state index in [2.05, 4.69) is 15.2 Å². The fourth-order valence-electron chi connectivity index (χ4n) is 3.11. The molecule has 2 saturated heterocycles. The summed E-state index contributed by atoms with van der Waals surface area (Å²) >= 11 is 6.09. The maximum atomic E-state index is 6.09. The Morgan fingerprint density at radius 2 is 2.24 bits per heavy atom. The lowest BCUT2D eigenvalue weighted by atomic mass is 9.99. The molecule has 1 aromatic rings. The fourth-order valence-corrected chi connectivity index (χ4v) is 3.28. The van der Waals surface area contributed by atoms with Crippen LogP contribution in [0.5, 0.6) is 0 Å². The van der Waals surface area contributed by atoms with Crippen molar-refractivity contribution in [2.45, 2.75) is 37.8 Å². The number of aromatic nitrogens is 1. The zero-order valence-corrected chi connectivity index (χ0v) is 10.7. The molecular formula is C13H18ClN3. The lowest BCUT2D eigenvalue weighted by Gasteiger charge is -2.33. The van der Waals surface area contributed by atoms with Crippen LogP contribution in [0.1, 0.15) is 25.7 Å². The van der Waals surface area contributed by atoms with Crippen LogP contribution < -0.4 is 5.32 Å². The van der Waals surface area contributed by atoms with Crippen molar-refractivity contribution in [1.29, 1.82) is 0 Å². The van der Waals surface area contributed by atoms with Gasteiger partial charge in [0, 0.05) is 24.8 Å². The van der Waals surface area contributed by atoms with E-state index >= 15 is 0 Å². The first-order chi connectivity index (χ1) is 8.34. The zero-order chi connectivity index (χ0) is 11.7. The average Bonchev–Trinajstić information content (AvgIpc) is 2.76. The second kappa shape index (κ2) is 4.83. The number of pyridine rings is 1. The van der Waals surface area contributed by atoms with E-state index in [1.807, 2.05) is 12.1 Å². The van der Waals surface area contributed by atoms with E-state index in [-0.39, 0.29) is 0 Å². The summed E-state index contributed by atoms with van der Waals surface area (Å²) in [5.41, 5.74) is 0.978. The van der Waals surface area contributed by atoms with Crippen LogP contribution in [-0.4, -0.2) is 35.1 Å². The first-order valence-corrected chi connectivity index (χ1v) is 6.83. The summed E-state index contributed by atoms with van der Waals surface area (Å²) < 4.78 is 0. The van der Waals surface area contributed by atoms with Crippen LogP contribution in [0, 0.1) is 0 Å². The summed E-state index contributed by atoms with van der Waals surface area (Å²) in [6.45, 7) is 2.49. The molecule has 2 fully saturated rings. The summed E-state index contributed by atoms with van der Waals surface area (Å²) in [6.07, 6.45) is 6.98. The number of piperidine rings is 1. The molecule has 2 atom stereocenters. The molecule has 17 heavy (non-hydrogen) atoms. The van der Waals surface area contributed by atoms with Gasteiger partial charge in [0.05, 0.1) is 5.69 Å². The van der Waals surface area contributed by atoms with Crippen LogP contribution in [0.4, 0.5) is 5.69 Å². The third-order valence-corrected chi connectivity index (χ3v) is 4.26. The molecule has 2 aliphatic heterocycles. The molecule has 3 rings (SSSR count).